The van der Waals surface area contributed by atoms with E-state index < -0.39 is 0 Å². The van der Waals surface area contributed by atoms with Crippen molar-refractivity contribution in [1.29, 1.82) is 0 Å². The van der Waals surface area contributed by atoms with Crippen LogP contribution in [0.25, 0.3) is 0 Å². The number of benzene rings is 1. The van der Waals surface area contributed by atoms with E-state index in [1.165, 1.54) is 0 Å². The Morgan fingerprint density at radius 1 is 1.48 bits per heavy atom. The van der Waals surface area contributed by atoms with Crippen molar-refractivity contribution in [1.82, 2.24) is 5.43 Å². The van der Waals surface area contributed by atoms with Gasteiger partial charge in [-0.1, -0.05) is 18.2 Å². The van der Waals surface area contributed by atoms with Gasteiger partial charge in [0, 0.05) is 5.56 Å². The zero-order chi connectivity index (χ0) is 17.0. The number of ether oxygens (including phenoxy) is 1. The molecule has 1 atom stereocenters. The standard InChI is InChI=1S/C18H21IN2O2/c1-11(2)13-6-5-12(3)16(10-13)20-21-18(22)14-7-8-17(23-4)15(19)9-14/h5,7-9,13H,1,6,10H2,2-4H3,(H,21,22)/b20-16-/t13-/m1/s1. The summed E-state index contributed by atoms with van der Waals surface area (Å²) in [4.78, 5) is 12.3. The Kier molecular flexibility index (Phi) is 5.98. The molecule has 4 nitrogen and oxygen atoms in total. The zero-order valence-corrected chi connectivity index (χ0v) is 15.8. The number of hydrazone groups is 1. The molecule has 0 unspecified atom stereocenters. The third kappa shape index (κ3) is 4.43. The summed E-state index contributed by atoms with van der Waals surface area (Å²) in [6.07, 6.45) is 3.97. The smallest absolute Gasteiger partial charge is 0.271 e. The Bertz CT molecular complexity index is 692. The van der Waals surface area contributed by atoms with Crippen molar-refractivity contribution >= 4 is 34.2 Å². The van der Waals surface area contributed by atoms with Gasteiger partial charge in [-0.25, -0.2) is 5.43 Å². The number of carbonyl (C=O) groups excluding carboxylic acids is 1. The highest BCUT2D eigenvalue weighted by molar-refractivity contribution is 14.1. The molecule has 0 aromatic heterocycles. The highest BCUT2D eigenvalue weighted by Crippen LogP contribution is 2.26. The first-order chi connectivity index (χ1) is 10.9. The second-order valence-electron chi connectivity index (χ2n) is 5.72. The Hall–Kier alpha value is -1.63. The fraction of sp³-hybridized carbons (Fsp3) is 0.333. The van der Waals surface area contributed by atoms with Crippen LogP contribution in [0.1, 0.15) is 37.0 Å². The Morgan fingerprint density at radius 2 is 2.22 bits per heavy atom. The van der Waals surface area contributed by atoms with Crippen LogP contribution in [0.5, 0.6) is 5.75 Å². The number of halogens is 1. The van der Waals surface area contributed by atoms with Crippen LogP contribution in [0, 0.1) is 9.49 Å². The molecule has 5 heteroatoms. The van der Waals surface area contributed by atoms with Crippen molar-refractivity contribution in [2.45, 2.75) is 26.7 Å². The van der Waals surface area contributed by atoms with Crippen LogP contribution in [-0.4, -0.2) is 18.7 Å². The van der Waals surface area contributed by atoms with Gasteiger partial charge in [-0.15, -0.1) is 0 Å². The van der Waals surface area contributed by atoms with Gasteiger partial charge in [0.2, 0.25) is 0 Å². The number of hydrogen-bond donors (Lipinski definition) is 1. The third-order valence-corrected chi connectivity index (χ3v) is 4.85. The molecule has 1 aliphatic rings. The minimum atomic E-state index is -0.219. The lowest BCUT2D eigenvalue weighted by molar-refractivity contribution is 0.0954. The Labute approximate surface area is 150 Å². The van der Waals surface area contributed by atoms with E-state index in [4.69, 9.17) is 4.74 Å². The van der Waals surface area contributed by atoms with Gasteiger partial charge in [0.15, 0.2) is 0 Å². The fourth-order valence-corrected chi connectivity index (χ4v) is 3.15. The lowest BCUT2D eigenvalue weighted by Crippen LogP contribution is -2.23. The second-order valence-corrected chi connectivity index (χ2v) is 6.88. The normalized spacial score (nSPS) is 19.2. The van der Waals surface area contributed by atoms with E-state index in [-0.39, 0.29) is 5.91 Å². The quantitative estimate of drug-likeness (QED) is 0.445. The van der Waals surface area contributed by atoms with Gasteiger partial charge < -0.3 is 4.74 Å². The highest BCUT2D eigenvalue weighted by Gasteiger charge is 2.19. The summed E-state index contributed by atoms with van der Waals surface area (Å²) in [5, 5.41) is 4.32. The number of rotatable bonds is 4. The summed E-state index contributed by atoms with van der Waals surface area (Å²) < 4.78 is 6.09. The molecule has 0 heterocycles. The first-order valence-corrected chi connectivity index (χ1v) is 8.53. The number of amides is 1. The van der Waals surface area contributed by atoms with E-state index in [1.54, 1.807) is 25.3 Å². The maximum absolute atomic E-state index is 12.3. The lowest BCUT2D eigenvalue weighted by atomic mass is 9.85. The number of allylic oxidation sites excluding steroid dienone is 3. The van der Waals surface area contributed by atoms with E-state index in [1.807, 2.05) is 13.8 Å². The molecule has 0 bridgehead atoms. The molecule has 0 saturated heterocycles. The molecule has 122 valence electrons. The maximum atomic E-state index is 12.3. The third-order valence-electron chi connectivity index (χ3n) is 4.01. The number of nitrogens with zero attached hydrogens (tertiary/aromatic N) is 1. The molecule has 23 heavy (non-hydrogen) atoms. The molecular weight excluding hydrogens is 403 g/mol. The van der Waals surface area contributed by atoms with E-state index in [9.17, 15) is 4.79 Å². The molecule has 0 saturated carbocycles. The summed E-state index contributed by atoms with van der Waals surface area (Å²) in [5.74, 6) is 0.934. The van der Waals surface area contributed by atoms with Gasteiger partial charge in [0.1, 0.15) is 5.75 Å². The van der Waals surface area contributed by atoms with E-state index >= 15 is 0 Å². The van der Waals surface area contributed by atoms with Crippen molar-refractivity contribution in [3.63, 3.8) is 0 Å². The second kappa shape index (κ2) is 7.77. The minimum absolute atomic E-state index is 0.219. The summed E-state index contributed by atoms with van der Waals surface area (Å²) in [6, 6.07) is 5.30. The van der Waals surface area contributed by atoms with Crippen LogP contribution >= 0.6 is 22.6 Å². The number of hydrogen-bond acceptors (Lipinski definition) is 3. The Morgan fingerprint density at radius 3 is 2.83 bits per heavy atom. The molecule has 1 aliphatic carbocycles. The number of carbonyl (C=O) groups is 1. The van der Waals surface area contributed by atoms with Crippen LogP contribution in [0.3, 0.4) is 0 Å². The van der Waals surface area contributed by atoms with Gasteiger partial charge in [0.25, 0.3) is 5.91 Å². The summed E-state index contributed by atoms with van der Waals surface area (Å²) in [6.45, 7) is 8.08. The van der Waals surface area contributed by atoms with Gasteiger partial charge in [-0.3, -0.25) is 4.79 Å². The molecule has 2 rings (SSSR count). The molecule has 0 spiro atoms. The van der Waals surface area contributed by atoms with Crippen LogP contribution in [0.4, 0.5) is 0 Å². The van der Waals surface area contributed by atoms with E-state index in [2.05, 4.69) is 45.8 Å². The average Bonchev–Trinajstić information content (AvgIpc) is 2.53. The zero-order valence-electron chi connectivity index (χ0n) is 13.6. The fourth-order valence-electron chi connectivity index (χ4n) is 2.41. The van der Waals surface area contributed by atoms with Gasteiger partial charge >= 0.3 is 0 Å². The van der Waals surface area contributed by atoms with Crippen molar-refractivity contribution < 1.29 is 9.53 Å². The molecule has 1 aromatic carbocycles. The van der Waals surface area contributed by atoms with Gasteiger partial charge in [-0.2, -0.15) is 5.10 Å². The van der Waals surface area contributed by atoms with Crippen LogP contribution < -0.4 is 10.2 Å². The Balaban J connectivity index is 2.11. The lowest BCUT2D eigenvalue weighted by Gasteiger charge is -2.22. The van der Waals surface area contributed by atoms with Crippen LogP contribution in [0.15, 0.2) is 47.1 Å². The highest BCUT2D eigenvalue weighted by atomic mass is 127. The topological polar surface area (TPSA) is 50.7 Å². The monoisotopic (exact) mass is 424 g/mol. The number of nitrogens with one attached hydrogen (secondary N) is 1. The van der Waals surface area contributed by atoms with Crippen molar-refractivity contribution in [3.05, 3.63) is 51.1 Å². The molecule has 1 aromatic rings. The van der Waals surface area contributed by atoms with Crippen molar-refractivity contribution in [2.75, 3.05) is 7.11 Å². The van der Waals surface area contributed by atoms with Crippen molar-refractivity contribution in [2.24, 2.45) is 11.0 Å². The van der Waals surface area contributed by atoms with Crippen LogP contribution in [0.2, 0.25) is 0 Å². The van der Waals surface area contributed by atoms with E-state index in [0.29, 0.717) is 11.5 Å². The molecule has 0 fully saturated rings. The predicted octanol–water partition coefficient (Wildman–Crippen LogP) is 4.32. The summed E-state index contributed by atoms with van der Waals surface area (Å²) in [5.41, 5.74) is 6.41. The van der Waals surface area contributed by atoms with Crippen molar-refractivity contribution in [3.8, 4) is 5.75 Å². The predicted molar refractivity (Wildman–Crippen MR) is 102 cm³/mol. The minimum Gasteiger partial charge on any atom is -0.496 e. The summed E-state index contributed by atoms with van der Waals surface area (Å²) >= 11 is 2.14. The molecule has 1 amide bonds. The van der Waals surface area contributed by atoms with Gasteiger partial charge in [-0.05, 0) is 79.0 Å². The summed E-state index contributed by atoms with van der Waals surface area (Å²) in [7, 11) is 1.61. The molecule has 1 N–H and O–H groups in total. The first kappa shape index (κ1) is 17.7. The SMILES string of the molecule is C=C(C)[C@@H]1CC=C(C)/C(=N\NC(=O)c2ccc(OC)c(I)c2)C1. The molecular formula is C18H21IN2O2. The maximum Gasteiger partial charge on any atom is 0.271 e. The van der Waals surface area contributed by atoms with E-state index in [0.717, 1.165) is 39.0 Å². The number of methoxy groups -OCH3 is 1. The molecule has 0 aliphatic heterocycles. The average molecular weight is 424 g/mol. The largest absolute Gasteiger partial charge is 0.496 e. The molecule has 0 radical (unpaired) electrons. The first-order valence-electron chi connectivity index (χ1n) is 7.45. The van der Waals surface area contributed by atoms with Crippen LogP contribution in [-0.2, 0) is 0 Å². The van der Waals surface area contributed by atoms with Gasteiger partial charge in [0.05, 0.1) is 16.4 Å².